The summed E-state index contributed by atoms with van der Waals surface area (Å²) < 4.78 is 5.16. The van der Waals surface area contributed by atoms with Crippen LogP contribution >= 0.6 is 0 Å². The van der Waals surface area contributed by atoms with Crippen LogP contribution in [-0.4, -0.2) is 73.5 Å². The van der Waals surface area contributed by atoms with Crippen molar-refractivity contribution in [1.29, 1.82) is 0 Å². The molecule has 5 nitrogen and oxygen atoms in total. The fraction of sp³-hybridized carbons (Fsp3) is 0.611. The highest BCUT2D eigenvalue weighted by molar-refractivity contribution is 5.78. The predicted octanol–water partition coefficient (Wildman–Crippen LogP) is 1.43. The Morgan fingerprint density at radius 1 is 1.17 bits per heavy atom. The second kappa shape index (κ2) is 7.32. The lowest BCUT2D eigenvalue weighted by Crippen LogP contribution is -2.50. The van der Waals surface area contributed by atoms with E-state index in [0.29, 0.717) is 13.1 Å². The van der Waals surface area contributed by atoms with Crippen LogP contribution in [0.1, 0.15) is 18.4 Å². The minimum absolute atomic E-state index is 0.195. The topological polar surface area (TPSA) is 36.0 Å². The second-order valence-corrected chi connectivity index (χ2v) is 6.64. The molecule has 1 amide bonds. The van der Waals surface area contributed by atoms with Crippen LogP contribution in [0, 0.1) is 0 Å². The van der Waals surface area contributed by atoms with Gasteiger partial charge in [-0.1, -0.05) is 12.1 Å². The minimum atomic E-state index is 0.195. The van der Waals surface area contributed by atoms with Crippen molar-refractivity contribution in [2.75, 3.05) is 46.9 Å². The molecule has 0 atom stereocenters. The van der Waals surface area contributed by atoms with Crippen LogP contribution in [0.4, 0.5) is 0 Å². The molecule has 1 saturated carbocycles. The maximum atomic E-state index is 12.4. The van der Waals surface area contributed by atoms with Gasteiger partial charge in [0.15, 0.2) is 0 Å². The van der Waals surface area contributed by atoms with Gasteiger partial charge in [0.05, 0.1) is 13.7 Å². The van der Waals surface area contributed by atoms with Crippen molar-refractivity contribution in [2.45, 2.75) is 25.4 Å². The van der Waals surface area contributed by atoms with E-state index in [9.17, 15) is 4.79 Å². The predicted molar refractivity (Wildman–Crippen MR) is 90.5 cm³/mol. The minimum Gasteiger partial charge on any atom is -0.497 e. The Morgan fingerprint density at radius 3 is 2.39 bits per heavy atom. The number of likely N-dealkylation sites (N-methyl/N-ethyl adjacent to an activating group) is 1. The molecule has 1 aliphatic carbocycles. The van der Waals surface area contributed by atoms with Crippen LogP contribution < -0.4 is 4.74 Å². The fourth-order valence-electron chi connectivity index (χ4n) is 3.13. The van der Waals surface area contributed by atoms with Crippen LogP contribution in [0.3, 0.4) is 0 Å². The van der Waals surface area contributed by atoms with Gasteiger partial charge < -0.3 is 9.64 Å². The molecule has 5 heteroatoms. The summed E-state index contributed by atoms with van der Waals surface area (Å²) in [5, 5.41) is 0. The second-order valence-electron chi connectivity index (χ2n) is 6.64. The number of methoxy groups -OCH3 is 1. The van der Waals surface area contributed by atoms with Crippen LogP contribution in [0.25, 0.3) is 0 Å². The maximum absolute atomic E-state index is 12.4. The highest BCUT2D eigenvalue weighted by Gasteiger charge is 2.31. The third kappa shape index (κ3) is 4.45. The molecule has 2 fully saturated rings. The number of benzene rings is 1. The Balaban J connectivity index is 1.43. The quantitative estimate of drug-likeness (QED) is 0.795. The average Bonchev–Trinajstić information content (AvgIpc) is 3.41. The number of hydrogen-bond donors (Lipinski definition) is 0. The zero-order chi connectivity index (χ0) is 16.2. The molecule has 0 bridgehead atoms. The number of ether oxygens (including phenoxy) is 1. The van der Waals surface area contributed by atoms with E-state index < -0.39 is 0 Å². The van der Waals surface area contributed by atoms with Crippen LogP contribution in [-0.2, 0) is 11.3 Å². The molecule has 1 aliphatic heterocycles. The van der Waals surface area contributed by atoms with Gasteiger partial charge in [0.1, 0.15) is 5.75 Å². The molecule has 0 spiro atoms. The highest BCUT2D eigenvalue weighted by atomic mass is 16.5. The average molecular weight is 317 g/mol. The van der Waals surface area contributed by atoms with E-state index in [-0.39, 0.29) is 5.91 Å². The number of rotatable bonds is 6. The largest absolute Gasteiger partial charge is 0.497 e. The number of hydrogen-bond acceptors (Lipinski definition) is 4. The smallest absolute Gasteiger partial charge is 0.236 e. The third-order valence-corrected chi connectivity index (χ3v) is 4.83. The Hall–Kier alpha value is -1.59. The zero-order valence-corrected chi connectivity index (χ0v) is 14.2. The number of nitrogens with zero attached hydrogens (tertiary/aromatic N) is 3. The molecule has 23 heavy (non-hydrogen) atoms. The molecule has 3 rings (SSSR count). The van der Waals surface area contributed by atoms with Gasteiger partial charge in [0.2, 0.25) is 5.91 Å². The summed E-state index contributed by atoms with van der Waals surface area (Å²) in [6, 6.07) is 8.73. The lowest BCUT2D eigenvalue weighted by Gasteiger charge is -2.35. The van der Waals surface area contributed by atoms with Crippen molar-refractivity contribution >= 4 is 5.91 Å². The van der Waals surface area contributed by atoms with Gasteiger partial charge in [0.25, 0.3) is 0 Å². The number of carbonyl (C=O) groups is 1. The Kier molecular flexibility index (Phi) is 5.18. The first-order valence-corrected chi connectivity index (χ1v) is 8.49. The molecule has 1 heterocycles. The number of amides is 1. The monoisotopic (exact) mass is 317 g/mol. The number of piperazine rings is 1. The summed E-state index contributed by atoms with van der Waals surface area (Å²) in [6.45, 7) is 5.42. The lowest BCUT2D eigenvalue weighted by molar-refractivity contribution is -0.132. The summed E-state index contributed by atoms with van der Waals surface area (Å²) in [6.07, 6.45) is 2.73. The Bertz CT molecular complexity index is 520. The normalized spacial score (nSPS) is 19.6. The molecular weight excluding hydrogens is 290 g/mol. The van der Waals surface area contributed by atoms with E-state index in [4.69, 9.17) is 4.74 Å². The van der Waals surface area contributed by atoms with Gasteiger partial charge in [-0.25, -0.2) is 0 Å². The van der Waals surface area contributed by atoms with E-state index in [1.54, 1.807) is 7.11 Å². The molecule has 1 aromatic rings. The first-order valence-electron chi connectivity index (χ1n) is 8.49. The molecule has 0 unspecified atom stereocenters. The van der Waals surface area contributed by atoms with Gasteiger partial charge in [-0.15, -0.1) is 0 Å². The van der Waals surface area contributed by atoms with E-state index in [2.05, 4.69) is 9.80 Å². The molecule has 0 aromatic heterocycles. The molecule has 1 aromatic carbocycles. The Morgan fingerprint density at radius 2 is 1.83 bits per heavy atom. The maximum Gasteiger partial charge on any atom is 0.236 e. The van der Waals surface area contributed by atoms with E-state index in [1.165, 1.54) is 12.8 Å². The fourth-order valence-corrected chi connectivity index (χ4v) is 3.13. The highest BCUT2D eigenvalue weighted by Crippen LogP contribution is 2.27. The van der Waals surface area contributed by atoms with E-state index >= 15 is 0 Å². The summed E-state index contributed by atoms with van der Waals surface area (Å²) in [5.74, 6) is 1.04. The van der Waals surface area contributed by atoms with Gasteiger partial charge >= 0.3 is 0 Å². The van der Waals surface area contributed by atoms with Crippen molar-refractivity contribution in [3.05, 3.63) is 29.8 Å². The summed E-state index contributed by atoms with van der Waals surface area (Å²) in [4.78, 5) is 19.1. The van der Waals surface area contributed by atoms with Crippen LogP contribution in [0.2, 0.25) is 0 Å². The van der Waals surface area contributed by atoms with Crippen molar-refractivity contribution < 1.29 is 9.53 Å². The third-order valence-electron chi connectivity index (χ3n) is 4.83. The summed E-state index contributed by atoms with van der Waals surface area (Å²) >= 11 is 0. The van der Waals surface area contributed by atoms with Gasteiger partial charge in [-0.2, -0.15) is 0 Å². The molecule has 1 saturated heterocycles. The van der Waals surface area contributed by atoms with E-state index in [1.807, 2.05) is 36.2 Å². The summed E-state index contributed by atoms with van der Waals surface area (Å²) in [5.41, 5.74) is 1.13. The molecule has 2 aliphatic rings. The first-order chi connectivity index (χ1) is 11.2. The van der Waals surface area contributed by atoms with Crippen molar-refractivity contribution in [3.63, 3.8) is 0 Å². The van der Waals surface area contributed by atoms with Gasteiger partial charge in [0, 0.05) is 45.8 Å². The van der Waals surface area contributed by atoms with Gasteiger partial charge in [-0.3, -0.25) is 14.6 Å². The lowest BCUT2D eigenvalue weighted by atomic mass is 10.2. The van der Waals surface area contributed by atoms with Gasteiger partial charge in [-0.05, 0) is 30.5 Å². The number of carbonyl (C=O) groups excluding carboxylic acids is 1. The molecular formula is C18H27N3O2. The van der Waals surface area contributed by atoms with E-state index in [0.717, 1.165) is 43.5 Å². The summed E-state index contributed by atoms with van der Waals surface area (Å²) in [7, 11) is 3.54. The molecule has 126 valence electrons. The Labute approximate surface area is 138 Å². The standard InChI is InChI=1S/C18H27N3O2/c1-19(13-15-3-7-17(23-2)8-4-15)18(22)14-20-9-11-21(12-10-20)16-5-6-16/h3-4,7-8,16H,5-6,9-14H2,1-2H3. The molecule has 0 N–H and O–H groups in total. The molecule has 0 radical (unpaired) electrons. The zero-order valence-electron chi connectivity index (χ0n) is 14.2. The van der Waals surface area contributed by atoms with Crippen molar-refractivity contribution in [2.24, 2.45) is 0 Å². The van der Waals surface area contributed by atoms with Crippen LogP contribution in [0.5, 0.6) is 5.75 Å². The first kappa shape index (κ1) is 16.3. The van der Waals surface area contributed by atoms with Crippen molar-refractivity contribution in [3.8, 4) is 5.75 Å². The SMILES string of the molecule is COc1ccc(CN(C)C(=O)CN2CCN(C3CC3)CC2)cc1. The van der Waals surface area contributed by atoms with Crippen molar-refractivity contribution in [1.82, 2.24) is 14.7 Å². The van der Waals surface area contributed by atoms with Crippen LogP contribution in [0.15, 0.2) is 24.3 Å².